The van der Waals surface area contributed by atoms with E-state index < -0.39 is 5.97 Å². The van der Waals surface area contributed by atoms with Crippen molar-refractivity contribution in [3.8, 4) is 17.1 Å². The molecule has 11 nitrogen and oxygen atoms in total. The SMILES string of the molecule is Cc1nc(-c2nnn(C)c2Cn2nnc(C3CCCC3)n2)ccc1O[C@H]1CCC[C@H](C(=O)O)C1. The molecule has 0 radical (unpaired) electrons. The number of carboxylic acids is 1. The molecule has 180 valence electrons. The highest BCUT2D eigenvalue weighted by molar-refractivity contribution is 5.70. The fraction of sp³-hybridized carbons (Fsp3) is 0.609. The van der Waals surface area contributed by atoms with Crippen LogP contribution in [0, 0.1) is 12.8 Å². The molecule has 0 aromatic carbocycles. The summed E-state index contributed by atoms with van der Waals surface area (Å²) in [5, 5.41) is 31.0. The summed E-state index contributed by atoms with van der Waals surface area (Å²) in [6, 6.07) is 3.75. The van der Waals surface area contributed by atoms with Crippen LogP contribution in [0.25, 0.3) is 11.4 Å². The number of aryl methyl sites for hydroxylation is 2. The zero-order valence-corrected chi connectivity index (χ0v) is 19.6. The number of rotatable bonds is 7. The van der Waals surface area contributed by atoms with Gasteiger partial charge >= 0.3 is 5.97 Å². The molecule has 0 unspecified atom stereocenters. The van der Waals surface area contributed by atoms with E-state index in [1.165, 1.54) is 12.8 Å². The van der Waals surface area contributed by atoms with Crippen LogP contribution < -0.4 is 4.74 Å². The molecule has 5 rings (SSSR count). The Kier molecular flexibility index (Phi) is 6.25. The first-order valence-corrected chi connectivity index (χ1v) is 12.0. The quantitative estimate of drug-likeness (QED) is 0.558. The van der Waals surface area contributed by atoms with E-state index in [9.17, 15) is 9.90 Å². The normalized spacial score (nSPS) is 21.1. The number of carbonyl (C=O) groups is 1. The fourth-order valence-corrected chi connectivity index (χ4v) is 5.02. The molecule has 2 saturated carbocycles. The van der Waals surface area contributed by atoms with Crippen LogP contribution in [0.15, 0.2) is 12.1 Å². The van der Waals surface area contributed by atoms with Crippen LogP contribution in [0.4, 0.5) is 0 Å². The highest BCUT2D eigenvalue weighted by Crippen LogP contribution is 2.32. The largest absolute Gasteiger partial charge is 0.489 e. The Morgan fingerprint density at radius 3 is 2.71 bits per heavy atom. The standard InChI is InChI=1S/C23H30N8O3/c1-14-20(34-17-9-5-8-16(12-17)23(32)33)11-10-18(24-14)21-19(30(2)28-25-21)13-31-27-22(26-29-31)15-6-3-4-7-15/h10-11,15-17H,3-9,12-13H2,1-2H3,(H,32,33)/t16-,17-/m0/s1. The van der Waals surface area contributed by atoms with Crippen molar-refractivity contribution >= 4 is 5.97 Å². The van der Waals surface area contributed by atoms with Crippen LogP contribution >= 0.6 is 0 Å². The molecular formula is C23H30N8O3. The van der Waals surface area contributed by atoms with Crippen molar-refractivity contribution in [3.05, 3.63) is 29.3 Å². The summed E-state index contributed by atoms with van der Waals surface area (Å²) in [5.41, 5.74) is 2.93. The Morgan fingerprint density at radius 1 is 1.12 bits per heavy atom. The van der Waals surface area contributed by atoms with Crippen molar-refractivity contribution < 1.29 is 14.6 Å². The number of pyridine rings is 1. The van der Waals surface area contributed by atoms with Crippen LogP contribution in [0.5, 0.6) is 5.75 Å². The first-order valence-electron chi connectivity index (χ1n) is 12.0. The number of aromatic nitrogens is 8. The van der Waals surface area contributed by atoms with E-state index in [0.717, 1.165) is 42.9 Å². The van der Waals surface area contributed by atoms with Gasteiger partial charge in [-0.3, -0.25) is 4.79 Å². The van der Waals surface area contributed by atoms with Crippen LogP contribution in [0.1, 0.15) is 74.5 Å². The van der Waals surface area contributed by atoms with Crippen LogP contribution in [0.3, 0.4) is 0 Å². The number of aliphatic carboxylic acids is 1. The zero-order valence-electron chi connectivity index (χ0n) is 19.6. The van der Waals surface area contributed by atoms with Gasteiger partial charge < -0.3 is 9.84 Å². The minimum atomic E-state index is -0.745. The summed E-state index contributed by atoms with van der Waals surface area (Å²) < 4.78 is 7.85. The summed E-state index contributed by atoms with van der Waals surface area (Å²) >= 11 is 0. The lowest BCUT2D eigenvalue weighted by molar-refractivity contribution is -0.143. The molecule has 0 aliphatic heterocycles. The second-order valence-corrected chi connectivity index (χ2v) is 9.39. The molecule has 11 heteroatoms. The minimum absolute atomic E-state index is 0.110. The average molecular weight is 467 g/mol. The Balaban J connectivity index is 1.32. The van der Waals surface area contributed by atoms with Gasteiger partial charge in [-0.2, -0.15) is 4.80 Å². The highest BCUT2D eigenvalue weighted by Gasteiger charge is 2.29. The van der Waals surface area contributed by atoms with E-state index in [1.807, 2.05) is 26.1 Å². The number of hydrogen-bond donors (Lipinski definition) is 1. The van der Waals surface area contributed by atoms with Crippen molar-refractivity contribution in [2.24, 2.45) is 13.0 Å². The third-order valence-electron chi connectivity index (χ3n) is 6.97. The lowest BCUT2D eigenvalue weighted by Crippen LogP contribution is -2.29. The minimum Gasteiger partial charge on any atom is -0.489 e. The van der Waals surface area contributed by atoms with Gasteiger partial charge in [-0.25, -0.2) is 9.67 Å². The van der Waals surface area contributed by atoms with E-state index >= 15 is 0 Å². The van der Waals surface area contributed by atoms with Gasteiger partial charge in [0, 0.05) is 13.0 Å². The van der Waals surface area contributed by atoms with Gasteiger partial charge in [-0.15, -0.1) is 15.3 Å². The summed E-state index contributed by atoms with van der Waals surface area (Å²) in [6.07, 6.45) is 7.53. The van der Waals surface area contributed by atoms with Gasteiger partial charge in [0.2, 0.25) is 0 Å². The average Bonchev–Trinajstić information content (AvgIpc) is 3.58. The maximum atomic E-state index is 11.4. The van der Waals surface area contributed by atoms with Crippen molar-refractivity contribution in [1.82, 2.24) is 40.2 Å². The van der Waals surface area contributed by atoms with Crippen LogP contribution in [-0.4, -0.2) is 57.4 Å². The van der Waals surface area contributed by atoms with Crippen LogP contribution in [-0.2, 0) is 18.4 Å². The fourth-order valence-electron chi connectivity index (χ4n) is 5.02. The first-order chi connectivity index (χ1) is 16.5. The lowest BCUT2D eigenvalue weighted by atomic mass is 9.87. The summed E-state index contributed by atoms with van der Waals surface area (Å²) in [7, 11) is 1.84. The number of tetrazole rings is 1. The van der Waals surface area contributed by atoms with Crippen molar-refractivity contribution in [3.63, 3.8) is 0 Å². The maximum Gasteiger partial charge on any atom is 0.306 e. The van der Waals surface area contributed by atoms with Gasteiger partial charge in [0.05, 0.1) is 29.1 Å². The van der Waals surface area contributed by atoms with Crippen molar-refractivity contribution in [2.75, 3.05) is 0 Å². The first kappa shape index (κ1) is 22.4. The second kappa shape index (κ2) is 9.47. The molecule has 34 heavy (non-hydrogen) atoms. The summed E-state index contributed by atoms with van der Waals surface area (Å²) in [4.78, 5) is 17.7. The number of ether oxygens (including phenoxy) is 1. The third-order valence-corrected chi connectivity index (χ3v) is 6.97. The van der Waals surface area contributed by atoms with Gasteiger partial charge in [0.15, 0.2) is 5.82 Å². The van der Waals surface area contributed by atoms with Crippen molar-refractivity contribution in [1.29, 1.82) is 0 Å². The predicted octanol–water partition coefficient (Wildman–Crippen LogP) is 2.90. The Labute approximate surface area is 197 Å². The summed E-state index contributed by atoms with van der Waals surface area (Å²) in [6.45, 7) is 2.29. The molecule has 3 heterocycles. The van der Waals surface area contributed by atoms with E-state index in [0.29, 0.717) is 42.4 Å². The topological polar surface area (TPSA) is 134 Å². The molecular weight excluding hydrogens is 436 g/mol. The molecule has 0 spiro atoms. The Bertz CT molecular complexity index is 1170. The Morgan fingerprint density at radius 2 is 1.94 bits per heavy atom. The van der Waals surface area contributed by atoms with E-state index in [-0.39, 0.29) is 12.0 Å². The molecule has 2 aliphatic rings. The summed E-state index contributed by atoms with van der Waals surface area (Å²) in [5.74, 6) is 0.811. The smallest absolute Gasteiger partial charge is 0.306 e. The number of hydrogen-bond acceptors (Lipinski definition) is 8. The Hall–Kier alpha value is -3.37. The molecule has 2 aliphatic carbocycles. The molecule has 2 fully saturated rings. The number of carboxylic acid groups (broad SMARTS) is 1. The van der Waals surface area contributed by atoms with Crippen molar-refractivity contribution in [2.45, 2.75) is 76.9 Å². The third kappa shape index (κ3) is 4.64. The van der Waals surface area contributed by atoms with E-state index in [1.54, 1.807) is 9.48 Å². The number of nitrogens with zero attached hydrogens (tertiary/aromatic N) is 8. The molecule has 0 saturated heterocycles. The molecule has 1 N–H and O–H groups in total. The second-order valence-electron chi connectivity index (χ2n) is 9.39. The molecule has 2 atom stereocenters. The van der Waals surface area contributed by atoms with Gasteiger partial charge in [0.1, 0.15) is 18.0 Å². The molecule has 3 aromatic heterocycles. The highest BCUT2D eigenvalue weighted by atomic mass is 16.5. The van der Waals surface area contributed by atoms with Gasteiger partial charge in [0.25, 0.3) is 0 Å². The lowest BCUT2D eigenvalue weighted by Gasteiger charge is -2.27. The van der Waals surface area contributed by atoms with Gasteiger partial charge in [-0.1, -0.05) is 18.1 Å². The van der Waals surface area contributed by atoms with Crippen LogP contribution in [0.2, 0.25) is 0 Å². The zero-order chi connectivity index (χ0) is 23.7. The maximum absolute atomic E-state index is 11.4. The van der Waals surface area contributed by atoms with Gasteiger partial charge in [-0.05, 0) is 62.8 Å². The molecule has 3 aromatic rings. The monoisotopic (exact) mass is 466 g/mol. The molecule has 0 amide bonds. The molecule has 0 bridgehead atoms. The predicted molar refractivity (Wildman–Crippen MR) is 121 cm³/mol. The van der Waals surface area contributed by atoms with E-state index in [4.69, 9.17) is 9.72 Å². The van der Waals surface area contributed by atoms with E-state index in [2.05, 4.69) is 25.7 Å².